The van der Waals surface area contributed by atoms with E-state index in [1.165, 1.54) is 0 Å². The Kier molecular flexibility index (Phi) is 6.10. The molecule has 0 heterocycles. The van der Waals surface area contributed by atoms with Gasteiger partial charge < -0.3 is 9.47 Å². The topological polar surface area (TPSA) is 64.6 Å². The third-order valence-corrected chi connectivity index (χ3v) is 5.39. The van der Waals surface area contributed by atoms with Gasteiger partial charge in [0.05, 0.1) is 17.0 Å². The molecular formula is C17H20ClNO4S. The summed E-state index contributed by atoms with van der Waals surface area (Å²) in [7, 11) is -2.07. The number of nitrogens with one attached hydrogen (secondary N) is 1. The molecule has 0 saturated heterocycles. The zero-order valence-corrected chi connectivity index (χ0v) is 15.4. The monoisotopic (exact) mass is 369 g/mol. The van der Waals surface area contributed by atoms with Crippen molar-refractivity contribution in [3.63, 3.8) is 0 Å². The molecule has 0 radical (unpaired) electrons. The second-order valence-corrected chi connectivity index (χ2v) is 7.41. The van der Waals surface area contributed by atoms with Crippen molar-refractivity contribution in [2.75, 3.05) is 20.3 Å². The summed E-state index contributed by atoms with van der Waals surface area (Å²) in [6.07, 6.45) is 0. The fraction of sp³-hybridized carbons (Fsp3) is 0.294. The quantitative estimate of drug-likeness (QED) is 0.760. The van der Waals surface area contributed by atoms with Crippen LogP contribution in [0.25, 0.3) is 0 Å². The average Bonchev–Trinajstić information content (AvgIpc) is 2.54. The number of sulfonamides is 1. The van der Waals surface area contributed by atoms with Crippen LogP contribution in [0.1, 0.15) is 11.1 Å². The lowest BCUT2D eigenvalue weighted by molar-refractivity contribution is 0.323. The number of aryl methyl sites for hydroxylation is 2. The van der Waals surface area contributed by atoms with Crippen molar-refractivity contribution in [2.45, 2.75) is 18.7 Å². The number of halogens is 1. The standard InChI is InChI=1S/C17H20ClNO4S/c1-12-11-17(13(2)10-16(12)22-3)24(20,21)19-8-9-23-15-7-5-4-6-14(15)18/h4-7,10-11,19H,8-9H2,1-3H3. The molecule has 0 aliphatic rings. The Labute approximate surface area is 147 Å². The van der Waals surface area contributed by atoms with Crippen LogP contribution in [-0.4, -0.2) is 28.7 Å². The highest BCUT2D eigenvalue weighted by Crippen LogP contribution is 2.25. The van der Waals surface area contributed by atoms with Crippen molar-refractivity contribution in [3.05, 3.63) is 52.5 Å². The summed E-state index contributed by atoms with van der Waals surface area (Å²) in [5.74, 6) is 1.18. The zero-order valence-electron chi connectivity index (χ0n) is 13.8. The van der Waals surface area contributed by atoms with E-state index < -0.39 is 10.0 Å². The molecule has 2 aromatic rings. The Hall–Kier alpha value is -1.76. The van der Waals surface area contributed by atoms with Gasteiger partial charge in [-0.3, -0.25) is 0 Å². The predicted molar refractivity (Wildman–Crippen MR) is 94.6 cm³/mol. The molecule has 2 aromatic carbocycles. The van der Waals surface area contributed by atoms with Crippen LogP contribution in [0, 0.1) is 13.8 Å². The zero-order chi connectivity index (χ0) is 17.7. The molecule has 24 heavy (non-hydrogen) atoms. The number of methoxy groups -OCH3 is 1. The maximum Gasteiger partial charge on any atom is 0.240 e. The molecule has 2 rings (SSSR count). The fourth-order valence-corrected chi connectivity index (χ4v) is 3.76. The SMILES string of the molecule is COc1cc(C)c(S(=O)(=O)NCCOc2ccccc2Cl)cc1C. The number of ether oxygens (including phenoxy) is 2. The van der Waals surface area contributed by atoms with Crippen molar-refractivity contribution in [3.8, 4) is 11.5 Å². The summed E-state index contributed by atoms with van der Waals surface area (Å²) >= 11 is 5.98. The van der Waals surface area contributed by atoms with Gasteiger partial charge in [0.2, 0.25) is 10.0 Å². The molecule has 1 N–H and O–H groups in total. The van der Waals surface area contributed by atoms with E-state index in [0.717, 1.165) is 5.56 Å². The number of hydrogen-bond donors (Lipinski definition) is 1. The average molecular weight is 370 g/mol. The van der Waals surface area contributed by atoms with Gasteiger partial charge in [-0.1, -0.05) is 23.7 Å². The summed E-state index contributed by atoms with van der Waals surface area (Å²) < 4.78 is 38.1. The first kappa shape index (κ1) is 18.6. The molecule has 0 aliphatic carbocycles. The number of hydrogen-bond acceptors (Lipinski definition) is 4. The number of benzene rings is 2. The van der Waals surface area contributed by atoms with Gasteiger partial charge in [0.25, 0.3) is 0 Å². The van der Waals surface area contributed by atoms with Gasteiger partial charge in [-0.25, -0.2) is 13.1 Å². The molecule has 0 bridgehead atoms. The molecule has 0 spiro atoms. The lowest BCUT2D eigenvalue weighted by Crippen LogP contribution is -2.29. The number of para-hydroxylation sites is 1. The Morgan fingerprint density at radius 1 is 1.08 bits per heavy atom. The molecule has 5 nitrogen and oxygen atoms in total. The van der Waals surface area contributed by atoms with Crippen LogP contribution >= 0.6 is 11.6 Å². The van der Waals surface area contributed by atoms with E-state index in [1.54, 1.807) is 57.4 Å². The van der Waals surface area contributed by atoms with Gasteiger partial charge in [-0.2, -0.15) is 0 Å². The van der Waals surface area contributed by atoms with Crippen molar-refractivity contribution < 1.29 is 17.9 Å². The second-order valence-electron chi connectivity index (χ2n) is 5.26. The van der Waals surface area contributed by atoms with Crippen LogP contribution in [0.4, 0.5) is 0 Å². The summed E-state index contributed by atoms with van der Waals surface area (Å²) in [4.78, 5) is 0.235. The predicted octanol–water partition coefficient (Wildman–Crippen LogP) is 3.32. The molecule has 0 fully saturated rings. The summed E-state index contributed by atoms with van der Waals surface area (Å²) in [6, 6.07) is 10.4. The summed E-state index contributed by atoms with van der Waals surface area (Å²) in [5.41, 5.74) is 1.38. The summed E-state index contributed by atoms with van der Waals surface area (Å²) in [5, 5.41) is 0.488. The van der Waals surface area contributed by atoms with Crippen LogP contribution in [0.5, 0.6) is 11.5 Å². The van der Waals surface area contributed by atoms with Crippen LogP contribution in [0.2, 0.25) is 5.02 Å². The molecular weight excluding hydrogens is 350 g/mol. The van der Waals surface area contributed by atoms with Crippen molar-refractivity contribution in [1.29, 1.82) is 0 Å². The van der Waals surface area contributed by atoms with Gasteiger partial charge in [0.15, 0.2) is 0 Å². The molecule has 7 heteroatoms. The summed E-state index contributed by atoms with van der Waals surface area (Å²) in [6.45, 7) is 3.85. The van der Waals surface area contributed by atoms with E-state index in [2.05, 4.69) is 4.72 Å². The Morgan fingerprint density at radius 2 is 1.79 bits per heavy atom. The highest BCUT2D eigenvalue weighted by molar-refractivity contribution is 7.89. The highest BCUT2D eigenvalue weighted by Gasteiger charge is 2.18. The van der Waals surface area contributed by atoms with E-state index >= 15 is 0 Å². The van der Waals surface area contributed by atoms with Gasteiger partial charge in [0.1, 0.15) is 18.1 Å². The minimum atomic E-state index is -3.62. The lowest BCUT2D eigenvalue weighted by Gasteiger charge is -2.13. The minimum Gasteiger partial charge on any atom is -0.496 e. The maximum absolute atomic E-state index is 12.4. The van der Waals surface area contributed by atoms with Crippen LogP contribution in [0.15, 0.2) is 41.3 Å². The Balaban J connectivity index is 2.02. The molecule has 130 valence electrons. The molecule has 0 atom stereocenters. The lowest BCUT2D eigenvalue weighted by atomic mass is 10.1. The van der Waals surface area contributed by atoms with E-state index in [9.17, 15) is 8.42 Å². The normalized spacial score (nSPS) is 11.3. The first-order valence-corrected chi connectivity index (χ1v) is 9.23. The molecule has 0 aliphatic heterocycles. The highest BCUT2D eigenvalue weighted by atomic mass is 35.5. The smallest absolute Gasteiger partial charge is 0.240 e. The number of rotatable bonds is 7. The van der Waals surface area contributed by atoms with Crippen molar-refractivity contribution in [1.82, 2.24) is 4.72 Å². The first-order chi connectivity index (χ1) is 11.3. The fourth-order valence-electron chi connectivity index (χ4n) is 2.25. The van der Waals surface area contributed by atoms with Crippen molar-refractivity contribution in [2.24, 2.45) is 0 Å². The Morgan fingerprint density at radius 3 is 2.46 bits per heavy atom. The van der Waals surface area contributed by atoms with Crippen LogP contribution in [-0.2, 0) is 10.0 Å². The van der Waals surface area contributed by atoms with E-state index in [4.69, 9.17) is 21.1 Å². The van der Waals surface area contributed by atoms with Gasteiger partial charge in [-0.05, 0) is 49.2 Å². The minimum absolute atomic E-state index is 0.137. The van der Waals surface area contributed by atoms with E-state index in [1.807, 2.05) is 0 Å². The largest absolute Gasteiger partial charge is 0.496 e. The maximum atomic E-state index is 12.4. The molecule has 0 amide bonds. The van der Waals surface area contributed by atoms with Crippen LogP contribution in [0.3, 0.4) is 0 Å². The van der Waals surface area contributed by atoms with Crippen LogP contribution < -0.4 is 14.2 Å². The Bertz CT molecular complexity index is 821. The molecule has 0 saturated carbocycles. The first-order valence-electron chi connectivity index (χ1n) is 7.37. The second kappa shape index (κ2) is 7.88. The third kappa shape index (κ3) is 4.41. The van der Waals surface area contributed by atoms with Gasteiger partial charge >= 0.3 is 0 Å². The van der Waals surface area contributed by atoms with Gasteiger partial charge in [0, 0.05) is 6.54 Å². The van der Waals surface area contributed by atoms with Crippen molar-refractivity contribution >= 4 is 21.6 Å². The van der Waals surface area contributed by atoms with Gasteiger partial charge in [-0.15, -0.1) is 0 Å². The van der Waals surface area contributed by atoms with E-state index in [0.29, 0.717) is 22.1 Å². The third-order valence-electron chi connectivity index (χ3n) is 3.47. The molecule has 0 unspecified atom stereocenters. The van der Waals surface area contributed by atoms with E-state index in [-0.39, 0.29) is 18.0 Å². The molecule has 0 aromatic heterocycles.